The van der Waals surface area contributed by atoms with Gasteiger partial charge in [-0.05, 0) is 19.1 Å². The number of para-hydroxylation sites is 1. The summed E-state index contributed by atoms with van der Waals surface area (Å²) in [5.74, 6) is 1.51. The predicted molar refractivity (Wildman–Crippen MR) is 111 cm³/mol. The first-order chi connectivity index (χ1) is 12.2. The molecular weight excluding hydrogens is 448 g/mol. The molecule has 1 aliphatic rings. The summed E-state index contributed by atoms with van der Waals surface area (Å²) in [5.41, 5.74) is 0.670. The molecule has 0 bridgehead atoms. The number of rotatable bonds is 4. The first-order valence-corrected chi connectivity index (χ1v) is 8.54. The van der Waals surface area contributed by atoms with Crippen LogP contribution in [0, 0.1) is 5.82 Å². The van der Waals surface area contributed by atoms with E-state index in [4.69, 9.17) is 0 Å². The number of halogens is 2. The van der Waals surface area contributed by atoms with Crippen molar-refractivity contribution in [2.24, 2.45) is 12.0 Å². The van der Waals surface area contributed by atoms with E-state index in [9.17, 15) is 4.39 Å². The lowest BCUT2D eigenvalue weighted by Gasteiger charge is -2.37. The van der Waals surface area contributed by atoms with Gasteiger partial charge in [0.05, 0.1) is 5.69 Å². The van der Waals surface area contributed by atoms with Crippen LogP contribution in [0.2, 0.25) is 0 Å². The Bertz CT molecular complexity index is 725. The van der Waals surface area contributed by atoms with Gasteiger partial charge in [0.2, 0.25) is 0 Å². The molecule has 2 aromatic rings. The van der Waals surface area contributed by atoms with Crippen molar-refractivity contribution in [3.8, 4) is 0 Å². The van der Waals surface area contributed by atoms with Gasteiger partial charge in [0.1, 0.15) is 24.5 Å². The number of hydrogen-bond acceptors (Lipinski definition) is 4. The topological polar surface area (TPSA) is 61.6 Å². The van der Waals surface area contributed by atoms with Crippen molar-refractivity contribution in [3.63, 3.8) is 0 Å². The molecule has 1 aromatic carbocycles. The number of hydrogen-bond donors (Lipinski definition) is 1. The molecule has 26 heavy (non-hydrogen) atoms. The Hall–Kier alpha value is -1.91. The fraction of sp³-hybridized carbons (Fsp3) is 0.471. The summed E-state index contributed by atoms with van der Waals surface area (Å²) in [6.45, 7) is 6.42. The van der Waals surface area contributed by atoms with E-state index in [1.54, 1.807) is 10.7 Å². The quantitative estimate of drug-likeness (QED) is 0.418. The highest BCUT2D eigenvalue weighted by Crippen LogP contribution is 2.20. The zero-order valence-electron chi connectivity index (χ0n) is 15.1. The van der Waals surface area contributed by atoms with E-state index in [0.29, 0.717) is 12.2 Å². The standard InChI is InChI=1S/C17H24FN7.HI/c1-3-19-17(20-12-16-21-13-22-23(16)2)25-10-8-24(9-11-25)15-7-5-4-6-14(15)18;/h4-7,13H,3,8-12H2,1-2H3,(H,19,20);1H. The van der Waals surface area contributed by atoms with Gasteiger partial charge in [-0.15, -0.1) is 24.0 Å². The van der Waals surface area contributed by atoms with E-state index in [1.165, 1.54) is 12.4 Å². The van der Waals surface area contributed by atoms with Crippen molar-refractivity contribution in [2.75, 3.05) is 37.6 Å². The number of nitrogens with one attached hydrogen (secondary N) is 1. The summed E-state index contributed by atoms with van der Waals surface area (Å²) in [4.78, 5) is 13.2. The number of aryl methyl sites for hydroxylation is 1. The van der Waals surface area contributed by atoms with Crippen molar-refractivity contribution < 1.29 is 4.39 Å². The number of aliphatic imine (C=N–C) groups is 1. The average molecular weight is 473 g/mol. The molecule has 0 spiro atoms. The Morgan fingerprint density at radius 2 is 1.96 bits per heavy atom. The van der Waals surface area contributed by atoms with E-state index in [2.05, 4.69) is 30.2 Å². The molecule has 9 heteroatoms. The summed E-state index contributed by atoms with van der Waals surface area (Å²) in [7, 11) is 1.86. The Morgan fingerprint density at radius 3 is 2.58 bits per heavy atom. The smallest absolute Gasteiger partial charge is 0.194 e. The Labute approximate surface area is 170 Å². The highest BCUT2D eigenvalue weighted by Gasteiger charge is 2.21. The van der Waals surface area contributed by atoms with Crippen LogP contribution in [0.25, 0.3) is 0 Å². The van der Waals surface area contributed by atoms with Crippen LogP contribution in [0.15, 0.2) is 35.6 Å². The van der Waals surface area contributed by atoms with Gasteiger partial charge in [0.15, 0.2) is 5.96 Å². The van der Waals surface area contributed by atoms with Crippen LogP contribution in [-0.4, -0.2) is 58.3 Å². The molecule has 1 saturated heterocycles. The number of anilines is 1. The van der Waals surface area contributed by atoms with Crippen LogP contribution in [0.5, 0.6) is 0 Å². The summed E-state index contributed by atoms with van der Waals surface area (Å²) in [6, 6.07) is 6.93. The van der Waals surface area contributed by atoms with Crippen molar-refractivity contribution >= 4 is 35.6 Å². The van der Waals surface area contributed by atoms with Gasteiger partial charge in [-0.25, -0.2) is 14.4 Å². The molecule has 0 amide bonds. The summed E-state index contributed by atoms with van der Waals surface area (Å²) < 4.78 is 15.7. The first kappa shape index (κ1) is 20.4. The largest absolute Gasteiger partial charge is 0.366 e. The van der Waals surface area contributed by atoms with Gasteiger partial charge >= 0.3 is 0 Å². The minimum absolute atomic E-state index is 0. The van der Waals surface area contributed by atoms with E-state index >= 15 is 0 Å². The van der Waals surface area contributed by atoms with E-state index < -0.39 is 0 Å². The SMILES string of the molecule is CCNC(=NCc1ncnn1C)N1CCN(c2ccccc2F)CC1.I. The normalized spacial score (nSPS) is 15.0. The van der Waals surface area contributed by atoms with Gasteiger partial charge in [0.25, 0.3) is 0 Å². The maximum atomic E-state index is 14.0. The van der Waals surface area contributed by atoms with Gasteiger partial charge in [-0.2, -0.15) is 5.10 Å². The molecule has 7 nitrogen and oxygen atoms in total. The molecule has 1 aliphatic heterocycles. The maximum Gasteiger partial charge on any atom is 0.194 e. The third-order valence-corrected chi connectivity index (χ3v) is 4.28. The fourth-order valence-electron chi connectivity index (χ4n) is 2.90. The molecule has 142 valence electrons. The van der Waals surface area contributed by atoms with Crippen LogP contribution in [-0.2, 0) is 13.6 Å². The van der Waals surface area contributed by atoms with Crippen LogP contribution in [0.1, 0.15) is 12.7 Å². The second-order valence-corrected chi connectivity index (χ2v) is 5.90. The lowest BCUT2D eigenvalue weighted by molar-refractivity contribution is 0.370. The second kappa shape index (κ2) is 9.70. The van der Waals surface area contributed by atoms with Crippen molar-refractivity contribution in [1.82, 2.24) is 25.0 Å². The van der Waals surface area contributed by atoms with Crippen LogP contribution in [0.3, 0.4) is 0 Å². The fourth-order valence-corrected chi connectivity index (χ4v) is 2.90. The van der Waals surface area contributed by atoms with Gasteiger partial charge < -0.3 is 15.1 Å². The molecule has 0 atom stereocenters. The molecule has 0 aliphatic carbocycles. The zero-order chi connectivity index (χ0) is 17.6. The van der Waals surface area contributed by atoms with Crippen LogP contribution >= 0.6 is 24.0 Å². The van der Waals surface area contributed by atoms with Gasteiger partial charge in [-0.3, -0.25) is 4.68 Å². The number of benzene rings is 1. The summed E-state index contributed by atoms with van der Waals surface area (Å²) in [6.07, 6.45) is 1.53. The number of aromatic nitrogens is 3. The zero-order valence-corrected chi connectivity index (χ0v) is 17.4. The minimum Gasteiger partial charge on any atom is -0.366 e. The number of guanidine groups is 1. The molecule has 1 aromatic heterocycles. The van der Waals surface area contributed by atoms with Crippen molar-refractivity contribution in [3.05, 3.63) is 42.2 Å². The molecule has 2 heterocycles. The maximum absolute atomic E-state index is 14.0. The third-order valence-electron chi connectivity index (χ3n) is 4.28. The molecule has 0 unspecified atom stereocenters. The highest BCUT2D eigenvalue weighted by atomic mass is 127. The molecule has 1 N–H and O–H groups in total. The van der Waals surface area contributed by atoms with Crippen LogP contribution in [0.4, 0.5) is 10.1 Å². The first-order valence-electron chi connectivity index (χ1n) is 8.54. The van der Waals surface area contributed by atoms with E-state index in [0.717, 1.165) is 44.5 Å². The number of nitrogens with zero attached hydrogens (tertiary/aromatic N) is 6. The Balaban J connectivity index is 0.00000243. The Morgan fingerprint density at radius 1 is 1.23 bits per heavy atom. The Kier molecular flexibility index (Phi) is 7.61. The molecule has 0 saturated carbocycles. The van der Waals surface area contributed by atoms with Gasteiger partial charge in [0, 0.05) is 39.8 Å². The molecule has 1 fully saturated rings. The summed E-state index contributed by atoms with van der Waals surface area (Å²) >= 11 is 0. The highest BCUT2D eigenvalue weighted by molar-refractivity contribution is 14.0. The third kappa shape index (κ3) is 4.83. The summed E-state index contributed by atoms with van der Waals surface area (Å²) in [5, 5.41) is 7.39. The second-order valence-electron chi connectivity index (χ2n) is 5.90. The van der Waals surface area contributed by atoms with Gasteiger partial charge in [-0.1, -0.05) is 12.1 Å². The number of piperazine rings is 1. The predicted octanol–water partition coefficient (Wildman–Crippen LogP) is 1.86. The monoisotopic (exact) mass is 473 g/mol. The van der Waals surface area contributed by atoms with Crippen molar-refractivity contribution in [1.29, 1.82) is 0 Å². The molecular formula is C17H25FIN7. The lowest BCUT2D eigenvalue weighted by atomic mass is 10.2. The van der Waals surface area contributed by atoms with Crippen LogP contribution < -0.4 is 10.2 Å². The molecule has 3 rings (SSSR count). The average Bonchev–Trinajstić information content (AvgIpc) is 3.04. The van der Waals surface area contributed by atoms with Crippen molar-refractivity contribution in [2.45, 2.75) is 13.5 Å². The molecule has 0 radical (unpaired) electrons. The van der Waals surface area contributed by atoms with E-state index in [1.807, 2.05) is 26.1 Å². The minimum atomic E-state index is -0.168. The lowest BCUT2D eigenvalue weighted by Crippen LogP contribution is -2.52. The van der Waals surface area contributed by atoms with E-state index in [-0.39, 0.29) is 29.8 Å².